The van der Waals surface area contributed by atoms with Gasteiger partial charge in [0.05, 0.1) is 11.1 Å². The Labute approximate surface area is 143 Å². The van der Waals surface area contributed by atoms with E-state index in [4.69, 9.17) is 8.94 Å². The van der Waals surface area contributed by atoms with E-state index in [9.17, 15) is 0 Å². The van der Waals surface area contributed by atoms with Gasteiger partial charge in [0, 0.05) is 17.5 Å². The van der Waals surface area contributed by atoms with Crippen molar-refractivity contribution in [1.29, 1.82) is 0 Å². The molecule has 0 spiro atoms. The van der Waals surface area contributed by atoms with E-state index in [0.717, 1.165) is 40.8 Å². The molecule has 6 heteroatoms. The van der Waals surface area contributed by atoms with Gasteiger partial charge in [-0.2, -0.15) is 4.98 Å². The second-order valence-electron chi connectivity index (χ2n) is 6.45. The number of aromatic nitrogens is 4. The first-order valence-corrected chi connectivity index (χ1v) is 8.44. The summed E-state index contributed by atoms with van der Waals surface area (Å²) in [7, 11) is 0. The monoisotopic (exact) mass is 332 g/mol. The summed E-state index contributed by atoms with van der Waals surface area (Å²) >= 11 is 0. The van der Waals surface area contributed by atoms with Crippen LogP contribution in [0, 0.1) is 6.92 Å². The summed E-state index contributed by atoms with van der Waals surface area (Å²) in [5.74, 6) is 2.08. The molecule has 0 N–H and O–H groups in total. The summed E-state index contributed by atoms with van der Waals surface area (Å²) in [6.07, 6.45) is 6.89. The fourth-order valence-corrected chi connectivity index (χ4v) is 3.16. The summed E-state index contributed by atoms with van der Waals surface area (Å²) in [5.41, 5.74) is 3.45. The predicted molar refractivity (Wildman–Crippen MR) is 91.9 cm³/mol. The second kappa shape index (κ2) is 5.51. The Morgan fingerprint density at radius 3 is 2.88 bits per heavy atom. The van der Waals surface area contributed by atoms with Crippen LogP contribution in [0.25, 0.3) is 33.9 Å². The highest BCUT2D eigenvalue weighted by molar-refractivity contribution is 5.93. The van der Waals surface area contributed by atoms with Crippen LogP contribution in [-0.4, -0.2) is 20.1 Å². The maximum absolute atomic E-state index is 5.58. The van der Waals surface area contributed by atoms with E-state index < -0.39 is 0 Å². The van der Waals surface area contributed by atoms with E-state index in [1.807, 2.05) is 24.3 Å². The molecule has 1 aromatic carbocycles. The molecule has 0 aliphatic heterocycles. The Morgan fingerprint density at radius 1 is 1.12 bits per heavy atom. The lowest BCUT2D eigenvalue weighted by molar-refractivity contribution is 0.335. The number of fused-ring (bicyclic) bond motifs is 1. The predicted octanol–water partition coefficient (Wildman–Crippen LogP) is 4.52. The third-order valence-electron chi connectivity index (χ3n) is 4.85. The quantitative estimate of drug-likeness (QED) is 0.549. The SMILES string of the molecule is Cc1ccc(-c2nc(-c3coc(C4CCC4)n3)no2)c2ncccc12. The van der Waals surface area contributed by atoms with Crippen LogP contribution < -0.4 is 0 Å². The Hall–Kier alpha value is -3.02. The molecule has 3 heterocycles. The summed E-state index contributed by atoms with van der Waals surface area (Å²) in [4.78, 5) is 13.5. The molecule has 1 aliphatic rings. The second-order valence-corrected chi connectivity index (χ2v) is 6.45. The highest BCUT2D eigenvalue weighted by Gasteiger charge is 2.25. The zero-order valence-corrected chi connectivity index (χ0v) is 13.8. The number of hydrogen-bond donors (Lipinski definition) is 0. The van der Waals surface area contributed by atoms with Gasteiger partial charge in [-0.3, -0.25) is 4.98 Å². The minimum Gasteiger partial charge on any atom is -0.448 e. The van der Waals surface area contributed by atoms with Gasteiger partial charge in [-0.1, -0.05) is 23.7 Å². The zero-order chi connectivity index (χ0) is 16.8. The van der Waals surface area contributed by atoms with Gasteiger partial charge in [0.2, 0.25) is 5.82 Å². The van der Waals surface area contributed by atoms with Crippen molar-refractivity contribution in [2.24, 2.45) is 0 Å². The van der Waals surface area contributed by atoms with Crippen molar-refractivity contribution in [2.75, 3.05) is 0 Å². The van der Waals surface area contributed by atoms with Crippen LogP contribution in [0.4, 0.5) is 0 Å². The average Bonchev–Trinajstić information content (AvgIpc) is 3.23. The first-order chi connectivity index (χ1) is 12.3. The lowest BCUT2D eigenvalue weighted by Crippen LogP contribution is -2.08. The van der Waals surface area contributed by atoms with Gasteiger partial charge in [0.25, 0.3) is 5.89 Å². The van der Waals surface area contributed by atoms with Gasteiger partial charge < -0.3 is 8.94 Å². The fraction of sp³-hybridized carbons (Fsp3) is 0.263. The molecule has 0 atom stereocenters. The van der Waals surface area contributed by atoms with Crippen LogP contribution in [0.15, 0.2) is 45.7 Å². The zero-order valence-electron chi connectivity index (χ0n) is 13.8. The maximum atomic E-state index is 5.58. The molecule has 0 amide bonds. The topological polar surface area (TPSA) is 77.8 Å². The lowest BCUT2D eigenvalue weighted by Gasteiger charge is -2.21. The highest BCUT2D eigenvalue weighted by atomic mass is 16.5. The van der Waals surface area contributed by atoms with Crippen LogP contribution in [-0.2, 0) is 0 Å². The maximum Gasteiger partial charge on any atom is 0.260 e. The molecule has 0 radical (unpaired) electrons. The third kappa shape index (κ3) is 2.33. The van der Waals surface area contributed by atoms with Gasteiger partial charge in [0.1, 0.15) is 12.0 Å². The molecule has 5 rings (SSSR count). The first-order valence-electron chi connectivity index (χ1n) is 8.44. The van der Waals surface area contributed by atoms with Gasteiger partial charge in [-0.05, 0) is 37.5 Å². The van der Waals surface area contributed by atoms with Crippen LogP contribution in [0.2, 0.25) is 0 Å². The number of hydrogen-bond acceptors (Lipinski definition) is 6. The standard InChI is InChI=1S/C19H16N4O2/c1-11-7-8-14(16-13(11)6-3-9-20-16)19-22-17(23-25-19)15-10-24-18(21-15)12-4-2-5-12/h3,6-10,12H,2,4-5H2,1H3. The molecule has 1 fully saturated rings. The third-order valence-corrected chi connectivity index (χ3v) is 4.85. The van der Waals surface area contributed by atoms with E-state index >= 15 is 0 Å². The van der Waals surface area contributed by atoms with Crippen molar-refractivity contribution in [3.8, 4) is 23.0 Å². The molecular formula is C19H16N4O2. The van der Waals surface area contributed by atoms with Crippen LogP contribution in [0.5, 0.6) is 0 Å². The van der Waals surface area contributed by atoms with E-state index in [1.165, 1.54) is 6.42 Å². The van der Waals surface area contributed by atoms with E-state index in [-0.39, 0.29) is 0 Å². The van der Waals surface area contributed by atoms with Gasteiger partial charge in [-0.15, -0.1) is 0 Å². The molecule has 4 aromatic rings. The van der Waals surface area contributed by atoms with Crippen molar-refractivity contribution >= 4 is 10.9 Å². The largest absolute Gasteiger partial charge is 0.448 e. The fourth-order valence-electron chi connectivity index (χ4n) is 3.16. The molecular weight excluding hydrogens is 316 g/mol. The molecule has 25 heavy (non-hydrogen) atoms. The van der Waals surface area contributed by atoms with Crippen LogP contribution >= 0.6 is 0 Å². The highest BCUT2D eigenvalue weighted by Crippen LogP contribution is 2.36. The summed E-state index contributed by atoms with van der Waals surface area (Å²) < 4.78 is 11.1. The van der Waals surface area contributed by atoms with Crippen molar-refractivity contribution in [3.63, 3.8) is 0 Å². The Kier molecular flexibility index (Phi) is 3.16. The van der Waals surface area contributed by atoms with Crippen molar-refractivity contribution in [3.05, 3.63) is 48.2 Å². The molecule has 0 bridgehead atoms. The number of rotatable bonds is 3. The van der Waals surface area contributed by atoms with Gasteiger partial charge in [0.15, 0.2) is 5.89 Å². The lowest BCUT2D eigenvalue weighted by atomic mass is 9.85. The minimum atomic E-state index is 0.436. The summed E-state index contributed by atoms with van der Waals surface area (Å²) in [5, 5.41) is 5.15. The minimum absolute atomic E-state index is 0.436. The first kappa shape index (κ1) is 14.3. The molecule has 1 saturated carbocycles. The number of oxazole rings is 1. The number of pyridine rings is 1. The number of aryl methyl sites for hydroxylation is 1. The van der Waals surface area contributed by atoms with Gasteiger partial charge >= 0.3 is 0 Å². The molecule has 0 saturated heterocycles. The molecule has 3 aromatic heterocycles. The van der Waals surface area contributed by atoms with Crippen molar-refractivity contribution in [2.45, 2.75) is 32.1 Å². The molecule has 0 unspecified atom stereocenters. The van der Waals surface area contributed by atoms with Crippen molar-refractivity contribution in [1.82, 2.24) is 20.1 Å². The van der Waals surface area contributed by atoms with E-state index in [2.05, 4.69) is 27.0 Å². The average molecular weight is 332 g/mol. The number of benzene rings is 1. The Bertz CT molecular complexity index is 1060. The Morgan fingerprint density at radius 2 is 2.04 bits per heavy atom. The Balaban J connectivity index is 1.55. The van der Waals surface area contributed by atoms with E-state index in [1.54, 1.807) is 12.5 Å². The molecule has 1 aliphatic carbocycles. The normalized spacial score (nSPS) is 14.8. The number of nitrogens with zero attached hydrogens (tertiary/aromatic N) is 4. The molecule has 124 valence electrons. The van der Waals surface area contributed by atoms with Crippen LogP contribution in [0.3, 0.4) is 0 Å². The summed E-state index contributed by atoms with van der Waals surface area (Å²) in [6, 6.07) is 7.97. The van der Waals surface area contributed by atoms with Crippen LogP contribution in [0.1, 0.15) is 36.6 Å². The summed E-state index contributed by atoms with van der Waals surface area (Å²) in [6.45, 7) is 2.06. The van der Waals surface area contributed by atoms with Gasteiger partial charge in [-0.25, -0.2) is 4.98 Å². The molecule has 6 nitrogen and oxygen atoms in total. The smallest absolute Gasteiger partial charge is 0.260 e. The van der Waals surface area contributed by atoms with E-state index in [0.29, 0.717) is 23.3 Å². The van der Waals surface area contributed by atoms with Crippen molar-refractivity contribution < 1.29 is 8.94 Å².